The van der Waals surface area contributed by atoms with E-state index < -0.39 is 0 Å². The number of anilines is 1. The first kappa shape index (κ1) is 15.2. The molecule has 0 unspecified atom stereocenters. The average molecular weight is 262 g/mol. The van der Waals surface area contributed by atoms with Crippen molar-refractivity contribution in [3.8, 4) is 6.07 Å². The topological polar surface area (TPSA) is 71.3 Å². The summed E-state index contributed by atoms with van der Waals surface area (Å²) in [5.41, 5.74) is 1.27. The Kier molecular flexibility index (Phi) is 7.25. The van der Waals surface area contributed by atoms with Gasteiger partial charge in [-0.25, -0.2) is 0 Å². The molecule has 1 amide bonds. The lowest BCUT2D eigenvalue weighted by atomic mass is 10.2. The minimum atomic E-state index is -0.0555. The lowest BCUT2D eigenvalue weighted by molar-refractivity contribution is -0.116. The molecule has 1 aromatic rings. The molecule has 5 nitrogen and oxygen atoms in total. The quantitative estimate of drug-likeness (QED) is 0.727. The van der Waals surface area contributed by atoms with Crippen LogP contribution in [-0.2, 0) is 14.3 Å². The van der Waals surface area contributed by atoms with E-state index in [1.54, 1.807) is 31.4 Å². The predicted molar refractivity (Wildman–Crippen MR) is 71.7 cm³/mol. The summed E-state index contributed by atoms with van der Waals surface area (Å²) in [6.07, 6.45) is 1.08. The molecule has 0 aliphatic rings. The van der Waals surface area contributed by atoms with Gasteiger partial charge in [0.25, 0.3) is 0 Å². The monoisotopic (exact) mass is 262 g/mol. The Hall–Kier alpha value is -1.90. The number of carbonyl (C=O) groups is 1. The standard InChI is InChI=1S/C14H18N2O3/c1-18-9-10-19-8-2-3-14(17)16-13-6-4-12(11-15)5-7-13/h4-7H,2-3,8-10H2,1H3,(H,16,17). The highest BCUT2D eigenvalue weighted by molar-refractivity contribution is 5.90. The molecule has 0 aliphatic carbocycles. The van der Waals surface area contributed by atoms with Crippen molar-refractivity contribution in [2.24, 2.45) is 0 Å². The molecule has 19 heavy (non-hydrogen) atoms. The zero-order valence-corrected chi connectivity index (χ0v) is 11.0. The summed E-state index contributed by atoms with van der Waals surface area (Å²) in [7, 11) is 1.62. The summed E-state index contributed by atoms with van der Waals surface area (Å²) in [6, 6.07) is 8.79. The Morgan fingerprint density at radius 2 is 2.00 bits per heavy atom. The molecule has 5 heteroatoms. The molecule has 0 aliphatic heterocycles. The minimum Gasteiger partial charge on any atom is -0.382 e. The largest absolute Gasteiger partial charge is 0.382 e. The van der Waals surface area contributed by atoms with Crippen LogP contribution in [0.2, 0.25) is 0 Å². The van der Waals surface area contributed by atoms with Crippen LogP contribution < -0.4 is 5.32 Å². The van der Waals surface area contributed by atoms with Gasteiger partial charge in [-0.05, 0) is 30.7 Å². The van der Waals surface area contributed by atoms with E-state index in [2.05, 4.69) is 5.32 Å². The maximum Gasteiger partial charge on any atom is 0.224 e. The number of benzene rings is 1. The van der Waals surface area contributed by atoms with Crippen molar-refractivity contribution in [2.45, 2.75) is 12.8 Å². The SMILES string of the molecule is COCCOCCCC(=O)Nc1ccc(C#N)cc1. The molecule has 0 bridgehead atoms. The fourth-order valence-corrected chi connectivity index (χ4v) is 1.43. The smallest absolute Gasteiger partial charge is 0.224 e. The minimum absolute atomic E-state index is 0.0555. The fourth-order valence-electron chi connectivity index (χ4n) is 1.43. The predicted octanol–water partition coefficient (Wildman–Crippen LogP) is 1.94. The van der Waals surface area contributed by atoms with Gasteiger partial charge in [0.1, 0.15) is 0 Å². The molecule has 0 spiro atoms. The van der Waals surface area contributed by atoms with E-state index in [4.69, 9.17) is 14.7 Å². The lowest BCUT2D eigenvalue weighted by Crippen LogP contribution is -2.12. The molecule has 0 aromatic heterocycles. The number of hydrogen-bond acceptors (Lipinski definition) is 4. The van der Waals surface area contributed by atoms with Crippen molar-refractivity contribution in [3.05, 3.63) is 29.8 Å². The second-order valence-corrected chi connectivity index (χ2v) is 3.95. The van der Waals surface area contributed by atoms with E-state index in [-0.39, 0.29) is 5.91 Å². The first-order valence-corrected chi connectivity index (χ1v) is 6.13. The molecule has 102 valence electrons. The van der Waals surface area contributed by atoms with Crippen molar-refractivity contribution in [3.63, 3.8) is 0 Å². The second kappa shape index (κ2) is 9.09. The van der Waals surface area contributed by atoms with Gasteiger partial charge in [0.2, 0.25) is 5.91 Å². The summed E-state index contributed by atoms with van der Waals surface area (Å²) >= 11 is 0. The highest BCUT2D eigenvalue weighted by atomic mass is 16.5. The first-order chi connectivity index (χ1) is 9.26. The molecule has 0 saturated heterocycles. The third-order valence-corrected chi connectivity index (χ3v) is 2.42. The van der Waals surface area contributed by atoms with Crippen molar-refractivity contribution in [1.82, 2.24) is 0 Å². The lowest BCUT2D eigenvalue weighted by Gasteiger charge is -2.06. The van der Waals surface area contributed by atoms with Gasteiger partial charge in [-0.1, -0.05) is 0 Å². The highest BCUT2D eigenvalue weighted by Gasteiger charge is 2.02. The van der Waals surface area contributed by atoms with Crippen LogP contribution in [0.25, 0.3) is 0 Å². The summed E-state index contributed by atoms with van der Waals surface area (Å²) in [6.45, 7) is 1.66. The van der Waals surface area contributed by atoms with E-state index in [0.29, 0.717) is 43.9 Å². The van der Waals surface area contributed by atoms with Crippen LogP contribution in [0.5, 0.6) is 0 Å². The van der Waals surface area contributed by atoms with Gasteiger partial charge >= 0.3 is 0 Å². The van der Waals surface area contributed by atoms with Gasteiger partial charge < -0.3 is 14.8 Å². The van der Waals surface area contributed by atoms with Gasteiger partial charge in [0.15, 0.2) is 0 Å². The fraction of sp³-hybridized carbons (Fsp3) is 0.429. The van der Waals surface area contributed by atoms with Crippen molar-refractivity contribution < 1.29 is 14.3 Å². The number of hydrogen-bond donors (Lipinski definition) is 1. The molecule has 0 fully saturated rings. The van der Waals surface area contributed by atoms with Crippen LogP contribution in [0.3, 0.4) is 0 Å². The summed E-state index contributed by atoms with van der Waals surface area (Å²) in [5.74, 6) is -0.0555. The third kappa shape index (κ3) is 6.55. The maximum absolute atomic E-state index is 11.6. The zero-order valence-electron chi connectivity index (χ0n) is 11.0. The number of nitrogens with one attached hydrogen (secondary N) is 1. The highest BCUT2D eigenvalue weighted by Crippen LogP contribution is 2.09. The van der Waals surface area contributed by atoms with Gasteiger partial charge in [-0.15, -0.1) is 0 Å². The molecular formula is C14H18N2O3. The third-order valence-electron chi connectivity index (χ3n) is 2.42. The van der Waals surface area contributed by atoms with Crippen LogP contribution in [0.4, 0.5) is 5.69 Å². The zero-order chi connectivity index (χ0) is 13.9. The molecule has 0 heterocycles. The Morgan fingerprint density at radius 3 is 2.63 bits per heavy atom. The van der Waals surface area contributed by atoms with Gasteiger partial charge in [0, 0.05) is 25.8 Å². The number of nitriles is 1. The number of methoxy groups -OCH3 is 1. The molecular weight excluding hydrogens is 244 g/mol. The average Bonchev–Trinajstić information content (AvgIpc) is 2.43. The van der Waals surface area contributed by atoms with Crippen molar-refractivity contribution in [1.29, 1.82) is 5.26 Å². The molecule has 1 N–H and O–H groups in total. The van der Waals surface area contributed by atoms with Crippen LogP contribution in [0.15, 0.2) is 24.3 Å². The Labute approximate surface area is 113 Å². The van der Waals surface area contributed by atoms with E-state index >= 15 is 0 Å². The number of carbonyl (C=O) groups excluding carboxylic acids is 1. The first-order valence-electron chi connectivity index (χ1n) is 6.13. The second-order valence-electron chi connectivity index (χ2n) is 3.95. The Bertz CT molecular complexity index is 423. The van der Waals surface area contributed by atoms with Gasteiger partial charge in [-0.2, -0.15) is 5.26 Å². The van der Waals surface area contributed by atoms with Crippen molar-refractivity contribution >= 4 is 11.6 Å². The molecule has 1 rings (SSSR count). The van der Waals surface area contributed by atoms with Crippen molar-refractivity contribution in [2.75, 3.05) is 32.2 Å². The van der Waals surface area contributed by atoms with Crippen LogP contribution in [-0.4, -0.2) is 32.8 Å². The molecule has 1 aromatic carbocycles. The Balaban J connectivity index is 2.18. The number of nitrogens with zero attached hydrogens (tertiary/aromatic N) is 1. The van der Waals surface area contributed by atoms with Crippen LogP contribution in [0, 0.1) is 11.3 Å². The summed E-state index contributed by atoms with van der Waals surface area (Å²) in [4.78, 5) is 11.6. The summed E-state index contributed by atoms with van der Waals surface area (Å²) < 4.78 is 10.1. The van der Waals surface area contributed by atoms with Gasteiger partial charge in [-0.3, -0.25) is 4.79 Å². The molecule has 0 saturated carbocycles. The maximum atomic E-state index is 11.6. The van der Waals surface area contributed by atoms with E-state index in [1.165, 1.54) is 0 Å². The summed E-state index contributed by atoms with van der Waals surface area (Å²) in [5, 5.41) is 11.4. The molecule has 0 atom stereocenters. The van der Waals surface area contributed by atoms with E-state index in [0.717, 1.165) is 0 Å². The number of ether oxygens (including phenoxy) is 2. The molecule has 0 radical (unpaired) electrons. The Morgan fingerprint density at radius 1 is 1.26 bits per heavy atom. The van der Waals surface area contributed by atoms with Crippen LogP contribution >= 0.6 is 0 Å². The van der Waals surface area contributed by atoms with Crippen LogP contribution in [0.1, 0.15) is 18.4 Å². The van der Waals surface area contributed by atoms with E-state index in [1.807, 2.05) is 6.07 Å². The van der Waals surface area contributed by atoms with Gasteiger partial charge in [0.05, 0.1) is 24.8 Å². The number of rotatable bonds is 8. The number of amides is 1. The van der Waals surface area contributed by atoms with E-state index in [9.17, 15) is 4.79 Å². The normalized spacial score (nSPS) is 9.89.